The second kappa shape index (κ2) is 4.93. The molecule has 0 amide bonds. The van der Waals surface area contributed by atoms with Crippen LogP contribution in [0.5, 0.6) is 0 Å². The van der Waals surface area contributed by atoms with E-state index in [0.29, 0.717) is 0 Å². The molecule has 19 heavy (non-hydrogen) atoms. The van der Waals surface area contributed by atoms with Gasteiger partial charge in [-0.1, -0.05) is 45.9 Å². The summed E-state index contributed by atoms with van der Waals surface area (Å²) >= 11 is 0. The Balaban J connectivity index is 2.84. The minimum absolute atomic E-state index is 0.0266. The molecule has 2 nitrogen and oxygen atoms in total. The van der Waals surface area contributed by atoms with Gasteiger partial charge in [0.2, 0.25) is 0 Å². The molecular formula is C17H24N2. The van der Waals surface area contributed by atoms with Crippen LogP contribution in [0.2, 0.25) is 0 Å². The van der Waals surface area contributed by atoms with Gasteiger partial charge < -0.3 is 5.73 Å². The van der Waals surface area contributed by atoms with Crippen LogP contribution in [0.3, 0.4) is 0 Å². The van der Waals surface area contributed by atoms with Crippen molar-refractivity contribution in [2.45, 2.75) is 52.5 Å². The average Bonchev–Trinajstić information content (AvgIpc) is 2.35. The summed E-state index contributed by atoms with van der Waals surface area (Å²) in [6.45, 7) is 10.8. The van der Waals surface area contributed by atoms with Gasteiger partial charge in [0.15, 0.2) is 0 Å². The molecule has 1 unspecified atom stereocenters. The van der Waals surface area contributed by atoms with Crippen LogP contribution in [0.1, 0.15) is 57.5 Å². The number of pyridine rings is 1. The van der Waals surface area contributed by atoms with Crippen LogP contribution in [0.4, 0.5) is 0 Å². The quantitative estimate of drug-likeness (QED) is 0.878. The number of aromatic nitrogens is 1. The molecule has 2 N–H and O–H groups in total. The van der Waals surface area contributed by atoms with Gasteiger partial charge in [-0.25, -0.2) is 0 Å². The third-order valence-corrected chi connectivity index (χ3v) is 3.59. The van der Waals surface area contributed by atoms with Gasteiger partial charge in [-0.2, -0.15) is 0 Å². The lowest BCUT2D eigenvalue weighted by atomic mass is 9.88. The van der Waals surface area contributed by atoms with Gasteiger partial charge in [-0.3, -0.25) is 4.98 Å². The number of para-hydroxylation sites is 1. The van der Waals surface area contributed by atoms with Crippen LogP contribution in [0, 0.1) is 0 Å². The van der Waals surface area contributed by atoms with Crippen molar-refractivity contribution in [2.75, 3.05) is 0 Å². The predicted octanol–water partition coefficient (Wildman–Crippen LogP) is 4.11. The average molecular weight is 256 g/mol. The second-order valence-corrected chi connectivity index (χ2v) is 6.30. The van der Waals surface area contributed by atoms with E-state index in [2.05, 4.69) is 52.0 Å². The van der Waals surface area contributed by atoms with Crippen molar-refractivity contribution in [1.82, 2.24) is 4.98 Å². The fraction of sp³-hybridized carbons (Fsp3) is 0.471. The molecule has 0 aliphatic carbocycles. The summed E-state index contributed by atoms with van der Waals surface area (Å²) in [4.78, 5) is 4.90. The highest BCUT2D eigenvalue weighted by Crippen LogP contribution is 2.30. The number of rotatable bonds is 2. The largest absolute Gasteiger partial charge is 0.324 e. The molecule has 102 valence electrons. The van der Waals surface area contributed by atoms with Crippen molar-refractivity contribution in [2.24, 2.45) is 5.73 Å². The van der Waals surface area contributed by atoms with Crippen molar-refractivity contribution in [3.8, 4) is 0 Å². The topological polar surface area (TPSA) is 38.9 Å². The summed E-state index contributed by atoms with van der Waals surface area (Å²) in [7, 11) is 0. The number of nitrogens with zero attached hydrogens (tertiary/aromatic N) is 1. The predicted molar refractivity (Wildman–Crippen MR) is 82.4 cm³/mol. The summed E-state index contributed by atoms with van der Waals surface area (Å²) < 4.78 is 0. The smallest absolute Gasteiger partial charge is 0.0740 e. The molecular weight excluding hydrogens is 232 g/mol. The third-order valence-electron chi connectivity index (χ3n) is 3.59. The van der Waals surface area contributed by atoms with Crippen LogP contribution in [-0.2, 0) is 11.8 Å². The van der Waals surface area contributed by atoms with Crippen molar-refractivity contribution in [1.29, 1.82) is 0 Å². The molecule has 1 heterocycles. The Labute approximate surface area is 116 Å². The summed E-state index contributed by atoms with van der Waals surface area (Å²) in [5.41, 5.74) is 10.9. The fourth-order valence-corrected chi connectivity index (χ4v) is 2.38. The van der Waals surface area contributed by atoms with Gasteiger partial charge in [0.05, 0.1) is 5.52 Å². The molecule has 1 aromatic carbocycles. The van der Waals surface area contributed by atoms with Crippen LogP contribution in [-0.4, -0.2) is 4.98 Å². The number of aryl methyl sites for hydroxylation is 1. The van der Waals surface area contributed by atoms with Crippen LogP contribution in [0.25, 0.3) is 10.9 Å². The Bertz CT molecular complexity index is 592. The van der Waals surface area contributed by atoms with Crippen LogP contribution < -0.4 is 5.73 Å². The van der Waals surface area contributed by atoms with E-state index < -0.39 is 0 Å². The van der Waals surface area contributed by atoms with E-state index in [0.717, 1.165) is 17.6 Å². The zero-order valence-electron chi connectivity index (χ0n) is 12.6. The number of nitrogens with two attached hydrogens (primary N) is 1. The zero-order valence-corrected chi connectivity index (χ0v) is 12.6. The number of hydrogen-bond acceptors (Lipinski definition) is 2. The lowest BCUT2D eigenvalue weighted by Gasteiger charge is -2.22. The maximum absolute atomic E-state index is 6.16. The summed E-state index contributed by atoms with van der Waals surface area (Å²) in [5.74, 6) is 0. The van der Waals surface area contributed by atoms with Crippen LogP contribution >= 0.6 is 0 Å². The molecule has 2 aromatic rings. The zero-order chi connectivity index (χ0) is 14.2. The van der Waals surface area contributed by atoms with E-state index in [9.17, 15) is 0 Å². The van der Waals surface area contributed by atoms with Gasteiger partial charge in [-0.15, -0.1) is 0 Å². The molecule has 0 aliphatic rings. The molecule has 0 saturated heterocycles. The van der Waals surface area contributed by atoms with Gasteiger partial charge >= 0.3 is 0 Å². The SMILES string of the molecule is CCc1cccc2c(C(C)N)cc(C(C)(C)C)nc12. The van der Waals surface area contributed by atoms with Crippen molar-refractivity contribution in [3.63, 3.8) is 0 Å². The molecule has 2 heteroatoms. The lowest BCUT2D eigenvalue weighted by Crippen LogP contribution is -2.16. The molecule has 0 saturated carbocycles. The second-order valence-electron chi connectivity index (χ2n) is 6.30. The maximum Gasteiger partial charge on any atom is 0.0740 e. The van der Waals surface area contributed by atoms with E-state index in [1.807, 2.05) is 6.92 Å². The fourth-order valence-electron chi connectivity index (χ4n) is 2.38. The van der Waals surface area contributed by atoms with Gasteiger partial charge in [0.1, 0.15) is 0 Å². The number of benzene rings is 1. The van der Waals surface area contributed by atoms with E-state index in [-0.39, 0.29) is 11.5 Å². The molecule has 0 fully saturated rings. The molecule has 1 aromatic heterocycles. The van der Waals surface area contributed by atoms with Gasteiger partial charge in [0, 0.05) is 22.5 Å². The minimum atomic E-state index is 0.0266. The molecule has 1 atom stereocenters. The van der Waals surface area contributed by atoms with Crippen molar-refractivity contribution in [3.05, 3.63) is 41.1 Å². The molecule has 0 aliphatic heterocycles. The van der Waals surface area contributed by atoms with E-state index in [4.69, 9.17) is 10.7 Å². The molecule has 0 spiro atoms. The number of fused-ring (bicyclic) bond motifs is 1. The van der Waals surface area contributed by atoms with E-state index in [1.54, 1.807) is 0 Å². The normalized spacial score (nSPS) is 13.8. The Morgan fingerprint density at radius 3 is 2.47 bits per heavy atom. The Morgan fingerprint density at radius 1 is 1.26 bits per heavy atom. The first kappa shape index (κ1) is 14.0. The first-order valence-electron chi connectivity index (χ1n) is 7.03. The highest BCUT2D eigenvalue weighted by molar-refractivity contribution is 5.86. The summed E-state index contributed by atoms with van der Waals surface area (Å²) in [5, 5.41) is 1.20. The Kier molecular flexibility index (Phi) is 3.64. The first-order valence-corrected chi connectivity index (χ1v) is 7.03. The summed E-state index contributed by atoms with van der Waals surface area (Å²) in [6, 6.07) is 8.59. The maximum atomic E-state index is 6.16. The van der Waals surface area contributed by atoms with Gasteiger partial charge in [0.25, 0.3) is 0 Å². The van der Waals surface area contributed by atoms with E-state index >= 15 is 0 Å². The first-order chi connectivity index (χ1) is 8.84. The number of hydrogen-bond donors (Lipinski definition) is 1. The van der Waals surface area contributed by atoms with E-state index in [1.165, 1.54) is 16.5 Å². The Morgan fingerprint density at radius 2 is 1.95 bits per heavy atom. The molecule has 0 radical (unpaired) electrons. The van der Waals surface area contributed by atoms with Crippen molar-refractivity contribution < 1.29 is 0 Å². The molecule has 0 bridgehead atoms. The highest BCUT2D eigenvalue weighted by atomic mass is 14.7. The standard InChI is InChI=1S/C17H24N2/c1-6-12-8-7-9-13-14(11(2)18)10-15(17(3,4)5)19-16(12)13/h7-11H,6,18H2,1-5H3. The third kappa shape index (κ3) is 2.64. The highest BCUT2D eigenvalue weighted by Gasteiger charge is 2.19. The van der Waals surface area contributed by atoms with Crippen LogP contribution in [0.15, 0.2) is 24.3 Å². The molecule has 2 rings (SSSR count). The van der Waals surface area contributed by atoms with Gasteiger partial charge in [-0.05, 0) is 30.5 Å². The lowest BCUT2D eigenvalue weighted by molar-refractivity contribution is 0.569. The Hall–Kier alpha value is -1.41. The monoisotopic (exact) mass is 256 g/mol. The summed E-state index contributed by atoms with van der Waals surface area (Å²) in [6.07, 6.45) is 0.996. The van der Waals surface area contributed by atoms with Crippen molar-refractivity contribution >= 4 is 10.9 Å². The minimum Gasteiger partial charge on any atom is -0.324 e.